The molecule has 0 aromatic heterocycles. The van der Waals surface area contributed by atoms with Gasteiger partial charge in [0.05, 0.1) is 6.04 Å². The molecule has 1 unspecified atom stereocenters. The van der Waals surface area contributed by atoms with Crippen molar-refractivity contribution in [1.29, 1.82) is 0 Å². The minimum Gasteiger partial charge on any atom is -0.333 e. The first-order valence-electron chi connectivity index (χ1n) is 8.86. The molecule has 2 aromatic rings. The second kappa shape index (κ2) is 7.20. The Bertz CT molecular complexity index is 860. The Morgan fingerprint density at radius 2 is 1.62 bits per heavy atom. The fourth-order valence-electron chi connectivity index (χ4n) is 3.12. The maximum Gasteiger partial charge on any atom is 0.319 e. The highest BCUT2D eigenvalue weighted by Gasteiger charge is 2.31. The first kappa shape index (κ1) is 18.0. The molecule has 0 spiro atoms. The SMILES string of the molecule is Cc1ccc(NC(=O)NC2CC(=O)N(c3ccc(C)c(C)c3)C2)cc1C. The summed E-state index contributed by atoms with van der Waals surface area (Å²) in [5, 5.41) is 5.75. The number of benzene rings is 2. The summed E-state index contributed by atoms with van der Waals surface area (Å²) in [6.07, 6.45) is 0.313. The van der Waals surface area contributed by atoms with E-state index in [1.807, 2.05) is 64.1 Å². The zero-order valence-electron chi connectivity index (χ0n) is 15.7. The lowest BCUT2D eigenvalue weighted by atomic mass is 10.1. The van der Waals surface area contributed by atoms with E-state index in [-0.39, 0.29) is 18.0 Å². The van der Waals surface area contributed by atoms with Gasteiger partial charge in [-0.05, 0) is 74.2 Å². The normalized spacial score (nSPS) is 16.7. The molecule has 26 heavy (non-hydrogen) atoms. The summed E-state index contributed by atoms with van der Waals surface area (Å²) >= 11 is 0. The van der Waals surface area contributed by atoms with E-state index in [1.54, 1.807) is 4.90 Å². The quantitative estimate of drug-likeness (QED) is 0.882. The molecule has 1 atom stereocenters. The Hall–Kier alpha value is -2.82. The third-order valence-electron chi connectivity index (χ3n) is 5.03. The summed E-state index contributed by atoms with van der Waals surface area (Å²) in [6, 6.07) is 11.3. The fraction of sp³-hybridized carbons (Fsp3) is 0.333. The Balaban J connectivity index is 1.62. The number of aryl methyl sites for hydroxylation is 4. The molecule has 5 heteroatoms. The summed E-state index contributed by atoms with van der Waals surface area (Å²) < 4.78 is 0. The van der Waals surface area contributed by atoms with Crippen LogP contribution in [0.15, 0.2) is 36.4 Å². The number of hydrogen-bond donors (Lipinski definition) is 2. The first-order valence-corrected chi connectivity index (χ1v) is 8.86. The molecule has 1 saturated heterocycles. The number of nitrogens with zero attached hydrogens (tertiary/aromatic N) is 1. The Morgan fingerprint density at radius 1 is 0.962 bits per heavy atom. The van der Waals surface area contributed by atoms with Crippen LogP contribution < -0.4 is 15.5 Å². The van der Waals surface area contributed by atoms with Crippen LogP contribution in [0.5, 0.6) is 0 Å². The summed E-state index contributed by atoms with van der Waals surface area (Å²) in [7, 11) is 0. The fourth-order valence-corrected chi connectivity index (χ4v) is 3.12. The lowest BCUT2D eigenvalue weighted by molar-refractivity contribution is -0.117. The highest BCUT2D eigenvalue weighted by atomic mass is 16.2. The smallest absolute Gasteiger partial charge is 0.319 e. The molecular formula is C21H25N3O2. The molecule has 0 aliphatic carbocycles. The van der Waals surface area contributed by atoms with E-state index in [1.165, 1.54) is 11.1 Å². The molecule has 2 aromatic carbocycles. The van der Waals surface area contributed by atoms with Crippen LogP contribution in [-0.4, -0.2) is 24.5 Å². The third-order valence-corrected chi connectivity index (χ3v) is 5.03. The summed E-state index contributed by atoms with van der Waals surface area (Å²) in [6.45, 7) is 8.61. The molecule has 0 saturated carbocycles. The number of hydrogen-bond acceptors (Lipinski definition) is 2. The van der Waals surface area contributed by atoms with Gasteiger partial charge in [0.15, 0.2) is 0 Å². The molecule has 1 aliphatic heterocycles. The number of anilines is 2. The van der Waals surface area contributed by atoms with Crippen molar-refractivity contribution in [1.82, 2.24) is 5.32 Å². The van der Waals surface area contributed by atoms with Crippen molar-refractivity contribution in [2.75, 3.05) is 16.8 Å². The highest BCUT2D eigenvalue weighted by Crippen LogP contribution is 2.24. The van der Waals surface area contributed by atoms with E-state index >= 15 is 0 Å². The van der Waals surface area contributed by atoms with Gasteiger partial charge in [0.2, 0.25) is 5.91 Å². The third kappa shape index (κ3) is 3.87. The predicted octanol–water partition coefficient (Wildman–Crippen LogP) is 3.85. The molecule has 1 fully saturated rings. The van der Waals surface area contributed by atoms with Gasteiger partial charge in [-0.2, -0.15) is 0 Å². The second-order valence-electron chi connectivity index (χ2n) is 7.07. The van der Waals surface area contributed by atoms with Crippen LogP contribution in [0, 0.1) is 27.7 Å². The monoisotopic (exact) mass is 351 g/mol. The predicted molar refractivity (Wildman–Crippen MR) is 105 cm³/mol. The number of amides is 3. The zero-order valence-corrected chi connectivity index (χ0v) is 15.7. The van der Waals surface area contributed by atoms with Crippen molar-refractivity contribution in [3.05, 3.63) is 58.7 Å². The lowest BCUT2D eigenvalue weighted by Crippen LogP contribution is -2.39. The standard InChI is InChI=1S/C21H25N3O2/c1-13-5-7-17(9-15(13)3)22-21(26)23-18-11-20(25)24(12-18)19-8-6-14(2)16(4)10-19/h5-10,18H,11-12H2,1-4H3,(H2,22,23,26). The van der Waals surface area contributed by atoms with Crippen molar-refractivity contribution in [2.45, 2.75) is 40.2 Å². The number of rotatable bonds is 3. The van der Waals surface area contributed by atoms with Crippen molar-refractivity contribution >= 4 is 23.3 Å². The topological polar surface area (TPSA) is 61.4 Å². The van der Waals surface area contributed by atoms with Crippen LogP contribution in [0.3, 0.4) is 0 Å². The Kier molecular flexibility index (Phi) is 4.98. The lowest BCUT2D eigenvalue weighted by Gasteiger charge is -2.18. The average Bonchev–Trinajstić information content (AvgIpc) is 2.93. The first-order chi connectivity index (χ1) is 12.3. The molecule has 1 aliphatic rings. The van der Waals surface area contributed by atoms with Gasteiger partial charge in [0.1, 0.15) is 0 Å². The van der Waals surface area contributed by atoms with Crippen molar-refractivity contribution in [3.8, 4) is 0 Å². The van der Waals surface area contributed by atoms with Crippen molar-refractivity contribution < 1.29 is 9.59 Å². The molecule has 3 amide bonds. The summed E-state index contributed by atoms with van der Waals surface area (Å²) in [4.78, 5) is 26.4. The number of carbonyl (C=O) groups excluding carboxylic acids is 2. The molecular weight excluding hydrogens is 326 g/mol. The van der Waals surface area contributed by atoms with Gasteiger partial charge in [-0.3, -0.25) is 4.79 Å². The van der Waals surface area contributed by atoms with E-state index < -0.39 is 0 Å². The van der Waals surface area contributed by atoms with Crippen LogP contribution in [0.25, 0.3) is 0 Å². The maximum atomic E-state index is 12.4. The van der Waals surface area contributed by atoms with E-state index in [2.05, 4.69) is 10.6 Å². The zero-order chi connectivity index (χ0) is 18.8. The van der Waals surface area contributed by atoms with Gasteiger partial charge < -0.3 is 15.5 Å². The Morgan fingerprint density at radius 3 is 2.27 bits per heavy atom. The van der Waals surface area contributed by atoms with Crippen LogP contribution in [0.1, 0.15) is 28.7 Å². The second-order valence-corrected chi connectivity index (χ2v) is 7.07. The summed E-state index contributed by atoms with van der Waals surface area (Å²) in [5.41, 5.74) is 6.29. The highest BCUT2D eigenvalue weighted by molar-refractivity contribution is 5.97. The van der Waals surface area contributed by atoms with Crippen molar-refractivity contribution in [3.63, 3.8) is 0 Å². The van der Waals surface area contributed by atoms with Gasteiger partial charge in [-0.1, -0.05) is 12.1 Å². The van der Waals surface area contributed by atoms with Gasteiger partial charge in [-0.25, -0.2) is 4.79 Å². The number of carbonyl (C=O) groups is 2. The molecule has 1 heterocycles. The minimum atomic E-state index is -0.284. The van der Waals surface area contributed by atoms with E-state index in [0.717, 1.165) is 22.5 Å². The van der Waals surface area contributed by atoms with E-state index in [4.69, 9.17) is 0 Å². The van der Waals surface area contributed by atoms with Gasteiger partial charge >= 0.3 is 6.03 Å². The van der Waals surface area contributed by atoms with Gasteiger partial charge in [0.25, 0.3) is 0 Å². The molecule has 136 valence electrons. The van der Waals surface area contributed by atoms with E-state index in [0.29, 0.717) is 13.0 Å². The molecule has 3 rings (SSSR count). The van der Waals surface area contributed by atoms with Crippen molar-refractivity contribution in [2.24, 2.45) is 0 Å². The van der Waals surface area contributed by atoms with Gasteiger partial charge in [-0.15, -0.1) is 0 Å². The Labute approximate surface area is 154 Å². The van der Waals surface area contributed by atoms with Crippen LogP contribution in [-0.2, 0) is 4.79 Å². The minimum absolute atomic E-state index is 0.0322. The number of nitrogens with one attached hydrogen (secondary N) is 2. The maximum absolute atomic E-state index is 12.4. The summed E-state index contributed by atoms with van der Waals surface area (Å²) in [5.74, 6) is 0.0322. The van der Waals surface area contributed by atoms with Crippen LogP contribution in [0.4, 0.5) is 16.2 Å². The molecule has 5 nitrogen and oxygen atoms in total. The van der Waals surface area contributed by atoms with Crippen LogP contribution in [0.2, 0.25) is 0 Å². The van der Waals surface area contributed by atoms with Crippen LogP contribution >= 0.6 is 0 Å². The largest absolute Gasteiger partial charge is 0.333 e. The number of urea groups is 1. The molecule has 2 N–H and O–H groups in total. The molecule has 0 radical (unpaired) electrons. The average molecular weight is 351 g/mol. The van der Waals surface area contributed by atoms with E-state index in [9.17, 15) is 9.59 Å². The molecule has 0 bridgehead atoms. The van der Waals surface area contributed by atoms with Gasteiger partial charge in [0, 0.05) is 24.3 Å².